The van der Waals surface area contributed by atoms with Crippen LogP contribution >= 0.6 is 0 Å². The van der Waals surface area contributed by atoms with Gasteiger partial charge in [-0.05, 0) is 0 Å². The number of hydrogen-bond acceptors (Lipinski definition) is 6. The van der Waals surface area contributed by atoms with Gasteiger partial charge in [0.1, 0.15) is 34.8 Å². The molecule has 2 aromatic rings. The zero-order valence-corrected chi connectivity index (χ0v) is 15.5. The Balaban J connectivity index is 1.89. The lowest BCUT2D eigenvalue weighted by molar-refractivity contribution is -0.117. The molecule has 1 aliphatic heterocycles. The molecule has 0 radical (unpaired) electrons. The minimum atomic E-state index is -0.750. The van der Waals surface area contributed by atoms with Gasteiger partial charge in [0.2, 0.25) is 5.91 Å². The number of carbonyl (C=O) groups is 1. The van der Waals surface area contributed by atoms with Crippen molar-refractivity contribution < 1.29 is 28.2 Å². The number of halogens is 2. The van der Waals surface area contributed by atoms with Crippen molar-refractivity contribution in [2.24, 2.45) is 0 Å². The maximum absolute atomic E-state index is 14.4. The second-order valence-electron chi connectivity index (χ2n) is 6.31. The van der Waals surface area contributed by atoms with Crippen LogP contribution in [0.4, 0.5) is 20.4 Å². The number of carbonyl (C=O) groups excluding carboxylic acids is 1. The third kappa shape index (κ3) is 3.99. The fraction of sp³-hybridized carbons (Fsp3) is 0.368. The number of hydrogen-bond donors (Lipinski definition) is 2. The number of aromatic nitrogens is 1. The third-order valence-electron chi connectivity index (χ3n) is 4.54. The Morgan fingerprint density at radius 1 is 1.18 bits per heavy atom. The first kappa shape index (κ1) is 19.8. The van der Waals surface area contributed by atoms with E-state index in [0.717, 1.165) is 12.1 Å². The molecule has 1 unspecified atom stereocenters. The summed E-state index contributed by atoms with van der Waals surface area (Å²) >= 11 is 0. The second kappa shape index (κ2) is 8.39. The SMILES string of the molecule is COc1cc(NCCO)nc(N2CC(c3c(F)cc(OC)cc3F)CC2=O)c1. The summed E-state index contributed by atoms with van der Waals surface area (Å²) in [4.78, 5) is 18.3. The highest BCUT2D eigenvalue weighted by molar-refractivity contribution is 5.96. The second-order valence-corrected chi connectivity index (χ2v) is 6.31. The van der Waals surface area contributed by atoms with Crippen molar-refractivity contribution in [1.82, 2.24) is 4.98 Å². The topological polar surface area (TPSA) is 83.9 Å². The minimum absolute atomic E-state index is 0.0432. The summed E-state index contributed by atoms with van der Waals surface area (Å²) in [5.74, 6) is -1.19. The van der Waals surface area contributed by atoms with Crippen LogP contribution in [0.25, 0.3) is 0 Å². The molecule has 0 saturated carbocycles. The van der Waals surface area contributed by atoms with E-state index in [4.69, 9.17) is 14.6 Å². The number of ether oxygens (including phenoxy) is 2. The monoisotopic (exact) mass is 393 g/mol. The Hall–Kier alpha value is -2.94. The van der Waals surface area contributed by atoms with Crippen molar-refractivity contribution in [3.63, 3.8) is 0 Å². The van der Waals surface area contributed by atoms with Gasteiger partial charge in [0.05, 0.1) is 20.8 Å². The van der Waals surface area contributed by atoms with E-state index in [-0.39, 0.29) is 43.3 Å². The summed E-state index contributed by atoms with van der Waals surface area (Å²) in [6.07, 6.45) is -0.0432. The van der Waals surface area contributed by atoms with Crippen LogP contribution in [0.5, 0.6) is 11.5 Å². The molecule has 0 spiro atoms. The number of rotatable bonds is 7. The molecule has 1 atom stereocenters. The molecule has 1 fully saturated rings. The van der Waals surface area contributed by atoms with E-state index in [1.165, 1.54) is 19.1 Å². The van der Waals surface area contributed by atoms with Gasteiger partial charge in [0, 0.05) is 55.3 Å². The maximum atomic E-state index is 14.4. The summed E-state index contributed by atoms with van der Waals surface area (Å²) in [6, 6.07) is 5.41. The molecule has 1 aromatic heterocycles. The summed E-state index contributed by atoms with van der Waals surface area (Å²) in [7, 11) is 2.80. The number of methoxy groups -OCH3 is 2. The summed E-state index contributed by atoms with van der Waals surface area (Å²) < 4.78 is 38.9. The standard InChI is InChI=1S/C19H21F2N3O4/c1-27-12-6-14(20)19(15(21)7-12)11-5-18(26)24(10-11)17-9-13(28-2)8-16(23-17)22-3-4-25/h6-9,11,25H,3-5,10H2,1-2H3,(H,22,23). The van der Waals surface area contributed by atoms with Crippen LogP contribution < -0.4 is 19.7 Å². The Morgan fingerprint density at radius 3 is 2.43 bits per heavy atom. The molecule has 0 bridgehead atoms. The number of pyridine rings is 1. The number of aliphatic hydroxyl groups is 1. The Bertz CT molecular complexity index is 855. The number of amides is 1. The van der Waals surface area contributed by atoms with Crippen molar-refractivity contribution in [2.45, 2.75) is 12.3 Å². The molecule has 9 heteroatoms. The van der Waals surface area contributed by atoms with Gasteiger partial charge >= 0.3 is 0 Å². The van der Waals surface area contributed by atoms with Crippen LogP contribution in [0.2, 0.25) is 0 Å². The van der Waals surface area contributed by atoms with Crippen molar-refractivity contribution in [2.75, 3.05) is 44.1 Å². The van der Waals surface area contributed by atoms with E-state index in [0.29, 0.717) is 17.4 Å². The highest BCUT2D eigenvalue weighted by atomic mass is 19.1. The van der Waals surface area contributed by atoms with Gasteiger partial charge in [0.25, 0.3) is 0 Å². The number of aliphatic hydroxyl groups excluding tert-OH is 1. The zero-order valence-electron chi connectivity index (χ0n) is 15.5. The van der Waals surface area contributed by atoms with Crippen molar-refractivity contribution in [3.8, 4) is 11.5 Å². The molecule has 3 rings (SSSR count). The number of anilines is 2. The summed E-state index contributed by atoms with van der Waals surface area (Å²) in [5, 5.41) is 11.9. The number of nitrogens with one attached hydrogen (secondary N) is 1. The Morgan fingerprint density at radius 2 is 1.82 bits per heavy atom. The van der Waals surface area contributed by atoms with Crippen LogP contribution in [0.3, 0.4) is 0 Å². The minimum Gasteiger partial charge on any atom is -0.497 e. The Labute approximate surface area is 160 Å². The van der Waals surface area contributed by atoms with Crippen LogP contribution in [0, 0.1) is 11.6 Å². The van der Waals surface area contributed by atoms with Crippen LogP contribution in [0.1, 0.15) is 17.9 Å². The van der Waals surface area contributed by atoms with Crippen LogP contribution in [0.15, 0.2) is 24.3 Å². The summed E-state index contributed by atoms with van der Waals surface area (Å²) in [6.45, 7) is 0.270. The largest absolute Gasteiger partial charge is 0.497 e. The van der Waals surface area contributed by atoms with Crippen molar-refractivity contribution >= 4 is 17.5 Å². The maximum Gasteiger partial charge on any atom is 0.228 e. The average Bonchev–Trinajstić information content (AvgIpc) is 3.06. The normalized spacial score (nSPS) is 16.4. The van der Waals surface area contributed by atoms with E-state index in [1.807, 2.05) is 0 Å². The molecule has 150 valence electrons. The van der Waals surface area contributed by atoms with Gasteiger partial charge in [-0.15, -0.1) is 0 Å². The van der Waals surface area contributed by atoms with Gasteiger partial charge < -0.3 is 19.9 Å². The molecule has 0 aliphatic carbocycles. The smallest absolute Gasteiger partial charge is 0.228 e. The number of benzene rings is 1. The van der Waals surface area contributed by atoms with Crippen LogP contribution in [-0.2, 0) is 4.79 Å². The highest BCUT2D eigenvalue weighted by Crippen LogP contribution is 2.36. The van der Waals surface area contributed by atoms with Crippen molar-refractivity contribution in [1.29, 1.82) is 0 Å². The van der Waals surface area contributed by atoms with Crippen molar-refractivity contribution in [3.05, 3.63) is 41.5 Å². The lowest BCUT2D eigenvalue weighted by Gasteiger charge is -2.18. The fourth-order valence-corrected chi connectivity index (χ4v) is 3.21. The highest BCUT2D eigenvalue weighted by Gasteiger charge is 2.36. The van der Waals surface area contributed by atoms with E-state index in [9.17, 15) is 13.6 Å². The van der Waals surface area contributed by atoms with Gasteiger partial charge in [-0.25, -0.2) is 13.8 Å². The Kier molecular flexibility index (Phi) is 5.93. The lowest BCUT2D eigenvalue weighted by atomic mass is 9.97. The van der Waals surface area contributed by atoms with E-state index >= 15 is 0 Å². The van der Waals surface area contributed by atoms with Gasteiger partial charge in [-0.3, -0.25) is 9.69 Å². The zero-order chi connectivity index (χ0) is 20.3. The van der Waals surface area contributed by atoms with E-state index in [1.54, 1.807) is 12.1 Å². The first-order valence-corrected chi connectivity index (χ1v) is 8.71. The number of nitrogens with zero attached hydrogens (tertiary/aromatic N) is 2. The molecule has 2 N–H and O–H groups in total. The predicted octanol–water partition coefficient (Wildman–Crippen LogP) is 2.30. The van der Waals surface area contributed by atoms with Gasteiger partial charge in [0.15, 0.2) is 0 Å². The lowest BCUT2D eigenvalue weighted by Crippen LogP contribution is -2.26. The first-order chi connectivity index (χ1) is 13.5. The van der Waals surface area contributed by atoms with Gasteiger partial charge in [-0.1, -0.05) is 0 Å². The summed E-state index contributed by atoms with van der Waals surface area (Å²) in [5.41, 5.74) is -0.141. The molecule has 28 heavy (non-hydrogen) atoms. The van der Waals surface area contributed by atoms with E-state index in [2.05, 4.69) is 10.3 Å². The molecular weight excluding hydrogens is 372 g/mol. The fourth-order valence-electron chi connectivity index (χ4n) is 3.21. The predicted molar refractivity (Wildman–Crippen MR) is 99.0 cm³/mol. The van der Waals surface area contributed by atoms with Gasteiger partial charge in [-0.2, -0.15) is 0 Å². The molecule has 1 saturated heterocycles. The molecule has 2 heterocycles. The first-order valence-electron chi connectivity index (χ1n) is 8.71. The average molecular weight is 393 g/mol. The molecule has 1 aromatic carbocycles. The third-order valence-corrected chi connectivity index (χ3v) is 4.54. The van der Waals surface area contributed by atoms with E-state index < -0.39 is 17.6 Å². The van der Waals surface area contributed by atoms with Crippen LogP contribution in [-0.4, -0.2) is 49.9 Å². The quantitative estimate of drug-likeness (QED) is 0.751. The molecule has 1 amide bonds. The molecule has 1 aliphatic rings. The molecular formula is C19H21F2N3O4. The molecule has 7 nitrogen and oxygen atoms in total.